The number of rotatable bonds is 4. The summed E-state index contributed by atoms with van der Waals surface area (Å²) in [5, 5.41) is 10.7. The van der Waals surface area contributed by atoms with Crippen molar-refractivity contribution in [3.8, 4) is 0 Å². The molecule has 1 N–H and O–H groups in total. The van der Waals surface area contributed by atoms with Gasteiger partial charge in [-0.3, -0.25) is 4.90 Å². The lowest BCUT2D eigenvalue weighted by molar-refractivity contribution is -0.00580. The molecule has 0 aliphatic carbocycles. The van der Waals surface area contributed by atoms with E-state index in [-0.39, 0.29) is 5.41 Å². The summed E-state index contributed by atoms with van der Waals surface area (Å²) in [6, 6.07) is 10.7. The molecule has 0 radical (unpaired) electrons. The molecular weight excluding hydrogens is 246 g/mol. The van der Waals surface area contributed by atoms with Crippen molar-refractivity contribution in [3.05, 3.63) is 35.9 Å². The highest BCUT2D eigenvalue weighted by Crippen LogP contribution is 2.36. The fourth-order valence-corrected chi connectivity index (χ4v) is 3.34. The maximum atomic E-state index is 10.7. The molecule has 0 saturated carbocycles. The smallest absolute Gasteiger partial charge is 0.0853 e. The third kappa shape index (κ3) is 3.42. The molecule has 1 heterocycles. The summed E-state index contributed by atoms with van der Waals surface area (Å²) in [6.45, 7) is 11.1. The number of hydrogen-bond acceptors (Lipinski definition) is 2. The molecule has 1 aliphatic heterocycles. The Bertz CT molecular complexity index is 415. The van der Waals surface area contributed by atoms with E-state index in [1.807, 2.05) is 30.3 Å². The summed E-state index contributed by atoms with van der Waals surface area (Å²) >= 11 is 0. The lowest BCUT2D eigenvalue weighted by Gasteiger charge is -2.43. The third-order valence-corrected chi connectivity index (χ3v) is 4.97. The predicted molar refractivity (Wildman–Crippen MR) is 84.6 cm³/mol. The molecule has 1 aliphatic rings. The minimum Gasteiger partial charge on any atom is -0.388 e. The van der Waals surface area contributed by atoms with Gasteiger partial charge in [-0.05, 0) is 37.8 Å². The maximum Gasteiger partial charge on any atom is 0.0853 e. The lowest BCUT2D eigenvalue weighted by Crippen LogP contribution is -2.48. The van der Waals surface area contributed by atoms with Gasteiger partial charge in [0.2, 0.25) is 0 Å². The van der Waals surface area contributed by atoms with Crippen molar-refractivity contribution >= 4 is 0 Å². The topological polar surface area (TPSA) is 23.5 Å². The number of likely N-dealkylation sites (tertiary alicyclic amines) is 1. The second kappa shape index (κ2) is 6.28. The quantitative estimate of drug-likeness (QED) is 0.901. The minimum absolute atomic E-state index is 0.132. The van der Waals surface area contributed by atoms with E-state index in [0.717, 1.165) is 24.6 Å². The van der Waals surface area contributed by atoms with Gasteiger partial charge in [0.1, 0.15) is 0 Å². The Labute approximate surface area is 123 Å². The highest BCUT2D eigenvalue weighted by Gasteiger charge is 2.34. The van der Waals surface area contributed by atoms with Crippen molar-refractivity contribution < 1.29 is 5.11 Å². The summed E-state index contributed by atoms with van der Waals surface area (Å²) in [5.41, 5.74) is 0.891. The molecule has 2 heteroatoms. The molecular formula is C18H29NO. The molecule has 20 heavy (non-hydrogen) atoms. The van der Waals surface area contributed by atoms with Crippen LogP contribution in [0.3, 0.4) is 0 Å². The van der Waals surface area contributed by atoms with E-state index in [2.05, 4.69) is 32.6 Å². The predicted octanol–water partition coefficient (Wildman–Crippen LogP) is 3.87. The summed E-state index contributed by atoms with van der Waals surface area (Å²) in [7, 11) is 0. The zero-order chi connectivity index (χ0) is 14.8. The van der Waals surface area contributed by atoms with E-state index < -0.39 is 6.10 Å². The molecule has 0 aromatic heterocycles. The van der Waals surface area contributed by atoms with Crippen LogP contribution in [0, 0.1) is 11.3 Å². The van der Waals surface area contributed by atoms with Crippen molar-refractivity contribution in [2.24, 2.45) is 11.3 Å². The van der Waals surface area contributed by atoms with Crippen LogP contribution in [0.5, 0.6) is 0 Å². The number of nitrogens with zero attached hydrogens (tertiary/aromatic N) is 1. The van der Waals surface area contributed by atoms with Crippen LogP contribution in [0.1, 0.15) is 52.2 Å². The first kappa shape index (κ1) is 15.5. The lowest BCUT2D eigenvalue weighted by atomic mass is 9.80. The Morgan fingerprint density at radius 3 is 2.55 bits per heavy atom. The average Bonchev–Trinajstić information content (AvgIpc) is 2.44. The summed E-state index contributed by atoms with van der Waals surface area (Å²) in [6.07, 6.45) is 2.20. The fourth-order valence-electron chi connectivity index (χ4n) is 3.34. The van der Waals surface area contributed by atoms with Crippen LogP contribution in [0.4, 0.5) is 0 Å². The van der Waals surface area contributed by atoms with Gasteiger partial charge in [0.15, 0.2) is 0 Å². The summed E-state index contributed by atoms with van der Waals surface area (Å²) < 4.78 is 0. The van der Waals surface area contributed by atoms with Gasteiger partial charge >= 0.3 is 0 Å². The van der Waals surface area contributed by atoms with Crippen LogP contribution >= 0.6 is 0 Å². The molecule has 112 valence electrons. The van der Waals surface area contributed by atoms with E-state index in [4.69, 9.17) is 0 Å². The Balaban J connectivity index is 2.06. The van der Waals surface area contributed by atoms with Gasteiger partial charge in [-0.25, -0.2) is 0 Å². The third-order valence-electron chi connectivity index (χ3n) is 4.97. The summed E-state index contributed by atoms with van der Waals surface area (Å²) in [4.78, 5) is 2.56. The Morgan fingerprint density at radius 2 is 1.90 bits per heavy atom. The van der Waals surface area contributed by atoms with Crippen molar-refractivity contribution in [1.82, 2.24) is 4.90 Å². The molecule has 1 aromatic carbocycles. The number of aliphatic hydroxyl groups is 1. The van der Waals surface area contributed by atoms with Gasteiger partial charge in [-0.2, -0.15) is 0 Å². The molecule has 2 nitrogen and oxygen atoms in total. The summed E-state index contributed by atoms with van der Waals surface area (Å²) in [5.74, 6) is 0.758. The van der Waals surface area contributed by atoms with Gasteiger partial charge in [0.25, 0.3) is 0 Å². The van der Waals surface area contributed by atoms with Crippen LogP contribution in [-0.4, -0.2) is 29.1 Å². The molecule has 0 bridgehead atoms. The van der Waals surface area contributed by atoms with Crippen molar-refractivity contribution in [2.45, 2.75) is 52.7 Å². The number of benzene rings is 1. The van der Waals surface area contributed by atoms with Crippen LogP contribution in [0.25, 0.3) is 0 Å². The van der Waals surface area contributed by atoms with E-state index in [1.54, 1.807) is 0 Å². The Morgan fingerprint density at radius 1 is 1.25 bits per heavy atom. The average molecular weight is 275 g/mol. The minimum atomic E-state index is -0.409. The first-order valence-electron chi connectivity index (χ1n) is 7.89. The van der Waals surface area contributed by atoms with Gasteiger partial charge < -0.3 is 5.11 Å². The Hall–Kier alpha value is -0.860. The SMILES string of the molecule is CC1CCCN(CC(C)(C)C(O)c2ccccc2)C1C. The molecule has 1 aromatic rings. The molecule has 1 saturated heterocycles. The van der Waals surface area contributed by atoms with Crippen LogP contribution in [0.15, 0.2) is 30.3 Å². The molecule has 0 amide bonds. The number of piperidine rings is 1. The molecule has 2 rings (SSSR count). The zero-order valence-corrected chi connectivity index (χ0v) is 13.3. The van der Waals surface area contributed by atoms with Crippen molar-refractivity contribution in [1.29, 1.82) is 0 Å². The Kier molecular flexibility index (Phi) is 4.87. The second-order valence-electron chi connectivity index (χ2n) is 7.13. The van der Waals surface area contributed by atoms with Crippen LogP contribution in [0.2, 0.25) is 0 Å². The molecule has 3 unspecified atom stereocenters. The van der Waals surface area contributed by atoms with Crippen LogP contribution < -0.4 is 0 Å². The van der Waals surface area contributed by atoms with Gasteiger partial charge in [0, 0.05) is 18.0 Å². The fraction of sp³-hybridized carbons (Fsp3) is 0.667. The van der Waals surface area contributed by atoms with Gasteiger partial charge in [0.05, 0.1) is 6.10 Å². The number of aliphatic hydroxyl groups excluding tert-OH is 1. The number of hydrogen-bond donors (Lipinski definition) is 1. The first-order valence-corrected chi connectivity index (χ1v) is 7.89. The highest BCUT2D eigenvalue weighted by atomic mass is 16.3. The van der Waals surface area contributed by atoms with Crippen LogP contribution in [-0.2, 0) is 0 Å². The highest BCUT2D eigenvalue weighted by molar-refractivity contribution is 5.19. The monoisotopic (exact) mass is 275 g/mol. The van der Waals surface area contributed by atoms with E-state index >= 15 is 0 Å². The largest absolute Gasteiger partial charge is 0.388 e. The second-order valence-corrected chi connectivity index (χ2v) is 7.13. The molecule has 0 spiro atoms. The normalized spacial score (nSPS) is 26.4. The van der Waals surface area contributed by atoms with E-state index in [0.29, 0.717) is 6.04 Å². The molecule has 3 atom stereocenters. The molecule has 1 fully saturated rings. The standard InChI is InChI=1S/C18H29NO/c1-14-9-8-12-19(15(14)2)13-18(3,4)17(20)16-10-6-5-7-11-16/h5-7,10-11,14-15,17,20H,8-9,12-13H2,1-4H3. The van der Waals surface area contributed by atoms with Gasteiger partial charge in [-0.15, -0.1) is 0 Å². The van der Waals surface area contributed by atoms with Crippen molar-refractivity contribution in [2.75, 3.05) is 13.1 Å². The van der Waals surface area contributed by atoms with Crippen molar-refractivity contribution in [3.63, 3.8) is 0 Å². The van der Waals surface area contributed by atoms with E-state index in [1.165, 1.54) is 12.8 Å². The van der Waals surface area contributed by atoms with Gasteiger partial charge in [-0.1, -0.05) is 51.1 Å². The maximum absolute atomic E-state index is 10.7. The van der Waals surface area contributed by atoms with E-state index in [9.17, 15) is 5.11 Å². The zero-order valence-electron chi connectivity index (χ0n) is 13.3. The first-order chi connectivity index (χ1) is 9.42.